The molecular weight excluding hydrogens is 497 g/mol. The zero-order valence-corrected chi connectivity index (χ0v) is 22.5. The summed E-state index contributed by atoms with van der Waals surface area (Å²) in [6.07, 6.45) is -1.43. The van der Waals surface area contributed by atoms with Gasteiger partial charge in [0.25, 0.3) is 0 Å². The van der Waals surface area contributed by atoms with E-state index in [4.69, 9.17) is 4.74 Å². The number of aryl methyl sites for hydroxylation is 1. The van der Waals surface area contributed by atoms with E-state index in [1.54, 1.807) is 32.9 Å². The Kier molecular flexibility index (Phi) is 11.6. The van der Waals surface area contributed by atoms with Gasteiger partial charge >= 0.3 is 18.2 Å². The minimum absolute atomic E-state index is 0.0274. The van der Waals surface area contributed by atoms with E-state index in [1.807, 2.05) is 24.3 Å². The summed E-state index contributed by atoms with van der Waals surface area (Å²) in [5.41, 5.74) is 2.19. The lowest BCUT2D eigenvalue weighted by Gasteiger charge is -2.26. The van der Waals surface area contributed by atoms with Crippen molar-refractivity contribution in [2.45, 2.75) is 90.1 Å². The predicted molar refractivity (Wildman–Crippen MR) is 142 cm³/mol. The number of rotatable bonds is 13. The second-order valence-electron chi connectivity index (χ2n) is 10.4. The Morgan fingerprint density at radius 2 is 1.50 bits per heavy atom. The molecule has 38 heavy (non-hydrogen) atoms. The van der Waals surface area contributed by atoms with E-state index in [1.165, 1.54) is 17.7 Å². The van der Waals surface area contributed by atoms with E-state index >= 15 is 0 Å². The Balaban J connectivity index is 2.01. The van der Waals surface area contributed by atoms with E-state index in [0.29, 0.717) is 12.8 Å². The van der Waals surface area contributed by atoms with Crippen molar-refractivity contribution in [3.05, 3.63) is 59.7 Å². The molecule has 0 spiro atoms. The third kappa shape index (κ3) is 10.7. The molecular formula is C29H39F3N2O4. The van der Waals surface area contributed by atoms with Crippen molar-refractivity contribution < 1.29 is 32.6 Å². The minimum Gasteiger partial charge on any atom is -0.480 e. The van der Waals surface area contributed by atoms with Crippen molar-refractivity contribution in [3.8, 4) is 11.1 Å². The Labute approximate surface area is 223 Å². The van der Waals surface area contributed by atoms with E-state index in [-0.39, 0.29) is 18.5 Å². The number of amides is 1. The molecule has 0 saturated carbocycles. The standard InChI is InChI=1S/C29H39F3N2O4/c1-5-6-9-20-11-13-21(14-12-20)22-15-17-23(18-16-22)25(29(30,31)32)34-24(26(35)36)10-7-8-19-33-27(37)38-28(2,3)4/h11-18,24-25,34H,5-10,19H2,1-4H3,(H,33,37)(H,35,36). The summed E-state index contributed by atoms with van der Waals surface area (Å²) in [5, 5.41) is 14.4. The maximum Gasteiger partial charge on any atom is 0.407 e. The van der Waals surface area contributed by atoms with Crippen LogP contribution >= 0.6 is 0 Å². The Morgan fingerprint density at radius 1 is 0.921 bits per heavy atom. The number of ether oxygens (including phenoxy) is 1. The number of hydrogen-bond donors (Lipinski definition) is 3. The highest BCUT2D eigenvalue weighted by molar-refractivity contribution is 5.73. The second kappa shape index (κ2) is 14.2. The quantitative estimate of drug-likeness (QED) is 0.239. The summed E-state index contributed by atoms with van der Waals surface area (Å²) in [4.78, 5) is 23.4. The molecule has 3 N–H and O–H groups in total. The fourth-order valence-corrected chi connectivity index (χ4v) is 3.95. The van der Waals surface area contributed by atoms with Crippen LogP contribution in [-0.2, 0) is 16.0 Å². The zero-order valence-electron chi connectivity index (χ0n) is 22.5. The largest absolute Gasteiger partial charge is 0.480 e. The molecule has 0 fully saturated rings. The SMILES string of the molecule is CCCCc1ccc(-c2ccc(C(NC(CCCCNC(=O)OC(C)(C)C)C(=O)O)C(F)(F)F)cc2)cc1. The van der Waals surface area contributed by atoms with Crippen LogP contribution in [0.25, 0.3) is 11.1 Å². The molecule has 1 amide bonds. The average Bonchev–Trinajstić information content (AvgIpc) is 2.83. The van der Waals surface area contributed by atoms with Crippen LogP contribution in [-0.4, -0.2) is 41.5 Å². The lowest BCUT2D eigenvalue weighted by molar-refractivity contribution is -0.163. The highest BCUT2D eigenvalue weighted by Crippen LogP contribution is 2.34. The summed E-state index contributed by atoms with van der Waals surface area (Å²) in [6.45, 7) is 7.54. The molecule has 0 bridgehead atoms. The van der Waals surface area contributed by atoms with Gasteiger partial charge in [-0.05, 0) is 75.1 Å². The molecule has 2 atom stereocenters. The van der Waals surface area contributed by atoms with Crippen LogP contribution in [0.2, 0.25) is 0 Å². The van der Waals surface area contributed by atoms with Gasteiger partial charge in [-0.3, -0.25) is 10.1 Å². The molecule has 0 aliphatic carbocycles. The van der Waals surface area contributed by atoms with Gasteiger partial charge < -0.3 is 15.2 Å². The van der Waals surface area contributed by atoms with Crippen molar-refractivity contribution in [1.29, 1.82) is 0 Å². The van der Waals surface area contributed by atoms with Crippen LogP contribution in [0.4, 0.5) is 18.0 Å². The first-order valence-corrected chi connectivity index (χ1v) is 13.0. The smallest absolute Gasteiger partial charge is 0.407 e. The van der Waals surface area contributed by atoms with E-state index < -0.39 is 35.9 Å². The molecule has 2 aromatic carbocycles. The van der Waals surface area contributed by atoms with E-state index in [9.17, 15) is 27.9 Å². The molecule has 0 saturated heterocycles. The van der Waals surface area contributed by atoms with E-state index in [2.05, 4.69) is 17.6 Å². The van der Waals surface area contributed by atoms with Gasteiger partial charge in [-0.15, -0.1) is 0 Å². The second-order valence-corrected chi connectivity index (χ2v) is 10.4. The number of halogens is 3. The number of alkyl carbamates (subject to hydrolysis) is 1. The van der Waals surface area contributed by atoms with Crippen LogP contribution in [0, 0.1) is 0 Å². The number of aliphatic carboxylic acids is 1. The monoisotopic (exact) mass is 536 g/mol. The molecule has 2 rings (SSSR count). The molecule has 210 valence electrons. The summed E-state index contributed by atoms with van der Waals surface area (Å²) >= 11 is 0. The molecule has 6 nitrogen and oxygen atoms in total. The van der Waals surface area contributed by atoms with Crippen molar-refractivity contribution in [3.63, 3.8) is 0 Å². The Hall–Kier alpha value is -3.07. The molecule has 0 aliphatic rings. The lowest BCUT2D eigenvalue weighted by Crippen LogP contribution is -2.44. The molecule has 0 aliphatic heterocycles. The molecule has 0 radical (unpaired) electrons. The van der Waals surface area contributed by atoms with Crippen molar-refractivity contribution in [2.75, 3.05) is 6.54 Å². The molecule has 2 aromatic rings. The first kappa shape index (κ1) is 31.1. The summed E-state index contributed by atoms with van der Waals surface area (Å²) in [6, 6.07) is 10.4. The Bertz CT molecular complexity index is 1020. The van der Waals surface area contributed by atoms with Crippen LogP contribution in [0.3, 0.4) is 0 Å². The fraction of sp³-hybridized carbons (Fsp3) is 0.517. The van der Waals surface area contributed by atoms with Gasteiger partial charge in [-0.1, -0.05) is 61.9 Å². The number of alkyl halides is 3. The summed E-state index contributed by atoms with van der Waals surface area (Å²) in [5.74, 6) is -1.36. The Morgan fingerprint density at radius 3 is 2.00 bits per heavy atom. The normalized spacial score (nSPS) is 13.6. The van der Waals surface area contributed by atoms with Crippen LogP contribution in [0.1, 0.15) is 77.0 Å². The van der Waals surface area contributed by atoms with Gasteiger partial charge in [-0.2, -0.15) is 13.2 Å². The van der Waals surface area contributed by atoms with Gasteiger partial charge in [0.1, 0.15) is 17.7 Å². The van der Waals surface area contributed by atoms with E-state index in [0.717, 1.165) is 30.4 Å². The number of benzene rings is 2. The van der Waals surface area contributed by atoms with Crippen LogP contribution < -0.4 is 10.6 Å². The fourth-order valence-electron chi connectivity index (χ4n) is 3.95. The number of carbonyl (C=O) groups excluding carboxylic acids is 1. The average molecular weight is 537 g/mol. The number of nitrogens with one attached hydrogen (secondary N) is 2. The number of carbonyl (C=O) groups is 2. The van der Waals surface area contributed by atoms with Gasteiger partial charge in [0.2, 0.25) is 0 Å². The highest BCUT2D eigenvalue weighted by atomic mass is 19.4. The molecule has 0 aromatic heterocycles. The van der Waals surface area contributed by atoms with Crippen LogP contribution in [0.15, 0.2) is 48.5 Å². The molecule has 2 unspecified atom stereocenters. The lowest BCUT2D eigenvalue weighted by atomic mass is 9.98. The third-order valence-electron chi connectivity index (χ3n) is 5.93. The summed E-state index contributed by atoms with van der Waals surface area (Å²) in [7, 11) is 0. The van der Waals surface area contributed by atoms with Crippen LogP contribution in [0.5, 0.6) is 0 Å². The first-order valence-electron chi connectivity index (χ1n) is 13.0. The van der Waals surface area contributed by atoms with Gasteiger partial charge in [0.15, 0.2) is 0 Å². The minimum atomic E-state index is -4.69. The first-order chi connectivity index (χ1) is 17.8. The van der Waals surface area contributed by atoms with Crippen molar-refractivity contribution in [1.82, 2.24) is 10.6 Å². The number of carboxylic acid groups (broad SMARTS) is 1. The maximum absolute atomic E-state index is 13.9. The third-order valence-corrected chi connectivity index (χ3v) is 5.93. The van der Waals surface area contributed by atoms with Crippen molar-refractivity contribution >= 4 is 12.1 Å². The topological polar surface area (TPSA) is 87.7 Å². The predicted octanol–water partition coefficient (Wildman–Crippen LogP) is 7.04. The number of unbranched alkanes of at least 4 members (excludes halogenated alkanes) is 2. The molecule has 9 heteroatoms. The molecule has 0 heterocycles. The summed E-state index contributed by atoms with van der Waals surface area (Å²) < 4.78 is 47.0. The zero-order chi connectivity index (χ0) is 28.3. The van der Waals surface area contributed by atoms with Gasteiger partial charge in [0.05, 0.1) is 0 Å². The highest BCUT2D eigenvalue weighted by Gasteiger charge is 2.42. The van der Waals surface area contributed by atoms with Gasteiger partial charge in [-0.25, -0.2) is 4.79 Å². The number of hydrogen-bond acceptors (Lipinski definition) is 4. The van der Waals surface area contributed by atoms with Gasteiger partial charge in [0, 0.05) is 6.54 Å². The van der Waals surface area contributed by atoms with Crippen molar-refractivity contribution in [2.24, 2.45) is 0 Å². The number of carboxylic acids is 1. The maximum atomic E-state index is 13.9.